The summed E-state index contributed by atoms with van der Waals surface area (Å²) in [5, 5.41) is 8.57. The van der Waals surface area contributed by atoms with Crippen molar-refractivity contribution in [3.63, 3.8) is 0 Å². The highest BCUT2D eigenvalue weighted by molar-refractivity contribution is 5.84. The Labute approximate surface area is 168 Å². The zero-order valence-electron chi connectivity index (χ0n) is 16.2. The first kappa shape index (κ1) is 17.8. The highest BCUT2D eigenvalue weighted by Gasteiger charge is 2.24. The van der Waals surface area contributed by atoms with Gasteiger partial charge in [0.25, 0.3) is 0 Å². The summed E-state index contributed by atoms with van der Waals surface area (Å²) in [7, 11) is 1.67. The summed E-state index contributed by atoms with van der Waals surface area (Å²) in [5.74, 6) is 0.532. The number of nitrogens with zero attached hydrogens (tertiary/aromatic N) is 3. The molecule has 1 aliphatic rings. The highest BCUT2D eigenvalue weighted by atomic mass is 19.1. The summed E-state index contributed by atoms with van der Waals surface area (Å²) in [6, 6.07) is 16.9. The number of rotatable bonds is 4. The van der Waals surface area contributed by atoms with Crippen molar-refractivity contribution in [1.29, 1.82) is 0 Å². The van der Waals surface area contributed by atoms with Crippen LogP contribution in [-0.2, 0) is 19.5 Å². The van der Waals surface area contributed by atoms with E-state index in [9.17, 15) is 4.39 Å². The average molecular weight is 388 g/mol. The van der Waals surface area contributed by atoms with Gasteiger partial charge in [0, 0.05) is 48.3 Å². The van der Waals surface area contributed by atoms with Crippen molar-refractivity contribution < 1.29 is 9.13 Å². The van der Waals surface area contributed by atoms with Gasteiger partial charge in [-0.25, -0.2) is 9.37 Å². The number of aromatic nitrogens is 3. The van der Waals surface area contributed by atoms with E-state index in [2.05, 4.69) is 27.2 Å². The number of pyridine rings is 1. The van der Waals surface area contributed by atoms with E-state index in [1.54, 1.807) is 19.2 Å². The topological polar surface area (TPSA) is 54.0 Å². The van der Waals surface area contributed by atoms with Gasteiger partial charge in [-0.1, -0.05) is 30.3 Å². The van der Waals surface area contributed by atoms with Crippen LogP contribution in [0.2, 0.25) is 0 Å². The summed E-state index contributed by atoms with van der Waals surface area (Å²) < 4.78 is 19.8. The maximum absolute atomic E-state index is 14.3. The number of para-hydroxylation sites is 1. The lowest BCUT2D eigenvalue weighted by Gasteiger charge is -2.26. The van der Waals surface area contributed by atoms with Gasteiger partial charge in [0.1, 0.15) is 17.1 Å². The number of benzene rings is 2. The zero-order valence-corrected chi connectivity index (χ0v) is 16.2. The fraction of sp³-hybridized carbons (Fsp3) is 0.217. The number of hydrogen-bond acceptors (Lipinski definition) is 4. The lowest BCUT2D eigenvalue weighted by atomic mass is 10.0. The molecular weight excluding hydrogens is 367 g/mol. The van der Waals surface area contributed by atoms with E-state index in [4.69, 9.17) is 9.72 Å². The number of H-pyrrole nitrogens is 1. The minimum atomic E-state index is -0.248. The van der Waals surface area contributed by atoms with Gasteiger partial charge in [0.2, 0.25) is 0 Å². The van der Waals surface area contributed by atoms with E-state index in [1.165, 1.54) is 6.07 Å². The van der Waals surface area contributed by atoms with E-state index in [0.29, 0.717) is 17.8 Å². The van der Waals surface area contributed by atoms with Gasteiger partial charge in [-0.05, 0) is 24.3 Å². The minimum Gasteiger partial charge on any atom is -0.494 e. The molecule has 0 spiro atoms. The van der Waals surface area contributed by atoms with Gasteiger partial charge in [-0.15, -0.1) is 0 Å². The number of ether oxygens (including phenoxy) is 1. The van der Waals surface area contributed by atoms with Crippen molar-refractivity contribution in [1.82, 2.24) is 20.1 Å². The van der Waals surface area contributed by atoms with Gasteiger partial charge in [0.05, 0.1) is 18.5 Å². The molecule has 0 saturated carbocycles. The SMILES string of the molecule is COc1cccc2ccc(CN3CCc4[nH]nc(-c5ccccc5F)c4C3)nc12. The second-order valence-corrected chi connectivity index (χ2v) is 7.30. The third kappa shape index (κ3) is 3.25. The Morgan fingerprint density at radius 1 is 1.10 bits per heavy atom. The largest absolute Gasteiger partial charge is 0.494 e. The highest BCUT2D eigenvalue weighted by Crippen LogP contribution is 2.31. The summed E-state index contributed by atoms with van der Waals surface area (Å²) >= 11 is 0. The van der Waals surface area contributed by atoms with Crippen LogP contribution < -0.4 is 4.74 Å². The monoisotopic (exact) mass is 388 g/mol. The summed E-state index contributed by atoms with van der Waals surface area (Å²) in [5.41, 5.74) is 5.27. The zero-order chi connectivity index (χ0) is 19.8. The van der Waals surface area contributed by atoms with E-state index in [0.717, 1.165) is 53.1 Å². The molecule has 29 heavy (non-hydrogen) atoms. The van der Waals surface area contributed by atoms with Crippen LogP contribution in [0.15, 0.2) is 54.6 Å². The molecule has 0 radical (unpaired) electrons. The molecule has 6 heteroatoms. The van der Waals surface area contributed by atoms with E-state index in [-0.39, 0.29) is 5.82 Å². The third-order valence-electron chi connectivity index (χ3n) is 5.49. The molecule has 1 aliphatic heterocycles. The van der Waals surface area contributed by atoms with Gasteiger partial charge >= 0.3 is 0 Å². The van der Waals surface area contributed by atoms with Crippen LogP contribution in [-0.4, -0.2) is 33.7 Å². The van der Waals surface area contributed by atoms with Crippen molar-refractivity contribution >= 4 is 10.9 Å². The molecule has 0 bridgehead atoms. The van der Waals surface area contributed by atoms with Gasteiger partial charge in [0.15, 0.2) is 0 Å². The fourth-order valence-electron chi connectivity index (χ4n) is 4.00. The number of halogens is 1. The van der Waals surface area contributed by atoms with Crippen molar-refractivity contribution in [3.8, 4) is 17.0 Å². The number of methoxy groups -OCH3 is 1. The van der Waals surface area contributed by atoms with Crippen LogP contribution in [0.1, 0.15) is 17.0 Å². The summed E-state index contributed by atoms with van der Waals surface area (Å²) in [6.45, 7) is 2.33. The number of hydrogen-bond donors (Lipinski definition) is 1. The van der Waals surface area contributed by atoms with Gasteiger partial charge in [-0.2, -0.15) is 5.10 Å². The molecule has 0 atom stereocenters. The molecule has 0 unspecified atom stereocenters. The van der Waals surface area contributed by atoms with Crippen molar-refractivity contribution in [2.24, 2.45) is 0 Å². The smallest absolute Gasteiger partial charge is 0.145 e. The molecule has 4 aromatic rings. The maximum atomic E-state index is 14.3. The van der Waals surface area contributed by atoms with E-state index in [1.807, 2.05) is 24.3 Å². The molecular formula is C23H21FN4O. The molecule has 3 heterocycles. The molecule has 2 aromatic heterocycles. The number of nitrogens with one attached hydrogen (secondary N) is 1. The number of aromatic amines is 1. The number of fused-ring (bicyclic) bond motifs is 2. The molecule has 5 nitrogen and oxygen atoms in total. The van der Waals surface area contributed by atoms with Gasteiger partial charge < -0.3 is 4.74 Å². The first-order valence-corrected chi connectivity index (χ1v) is 9.69. The lowest BCUT2D eigenvalue weighted by Crippen LogP contribution is -2.30. The summed E-state index contributed by atoms with van der Waals surface area (Å²) in [6.07, 6.45) is 0.855. The Morgan fingerprint density at radius 2 is 2.00 bits per heavy atom. The van der Waals surface area contributed by atoms with Crippen molar-refractivity contribution in [2.75, 3.05) is 13.7 Å². The molecule has 5 rings (SSSR count). The first-order valence-electron chi connectivity index (χ1n) is 9.69. The molecule has 0 amide bonds. The van der Waals surface area contributed by atoms with Crippen LogP contribution in [0.5, 0.6) is 5.75 Å². The molecule has 0 saturated heterocycles. The van der Waals surface area contributed by atoms with Crippen LogP contribution >= 0.6 is 0 Å². The van der Waals surface area contributed by atoms with E-state index >= 15 is 0 Å². The predicted octanol–water partition coefficient (Wildman–Crippen LogP) is 4.33. The molecule has 2 aromatic carbocycles. The Kier molecular flexibility index (Phi) is 4.48. The second-order valence-electron chi connectivity index (χ2n) is 7.30. The third-order valence-corrected chi connectivity index (χ3v) is 5.49. The summed E-state index contributed by atoms with van der Waals surface area (Å²) in [4.78, 5) is 7.15. The van der Waals surface area contributed by atoms with Crippen molar-refractivity contribution in [3.05, 3.63) is 77.4 Å². The Balaban J connectivity index is 1.43. The van der Waals surface area contributed by atoms with Crippen LogP contribution in [0.3, 0.4) is 0 Å². The molecule has 0 aliphatic carbocycles. The van der Waals surface area contributed by atoms with Gasteiger partial charge in [-0.3, -0.25) is 10.00 Å². The second kappa shape index (κ2) is 7.29. The van der Waals surface area contributed by atoms with Crippen molar-refractivity contribution in [2.45, 2.75) is 19.5 Å². The fourth-order valence-corrected chi connectivity index (χ4v) is 4.00. The van der Waals surface area contributed by atoms with Crippen LogP contribution in [0.4, 0.5) is 4.39 Å². The molecule has 0 fully saturated rings. The molecule has 146 valence electrons. The lowest BCUT2D eigenvalue weighted by molar-refractivity contribution is 0.242. The maximum Gasteiger partial charge on any atom is 0.145 e. The minimum absolute atomic E-state index is 0.248. The predicted molar refractivity (Wildman–Crippen MR) is 110 cm³/mol. The molecule has 1 N–H and O–H groups in total. The quantitative estimate of drug-likeness (QED) is 0.565. The standard InChI is InChI=1S/C23H21FN4O/c1-29-21-8-4-5-15-9-10-16(25-22(15)21)13-28-12-11-20-18(14-28)23(27-26-20)17-6-2-3-7-19(17)24/h2-10H,11-14H2,1H3,(H,26,27). The Morgan fingerprint density at radius 3 is 2.86 bits per heavy atom. The Hall–Kier alpha value is -3.25. The van der Waals surface area contributed by atoms with Crippen LogP contribution in [0.25, 0.3) is 22.2 Å². The normalized spacial score (nSPS) is 14.1. The Bertz CT molecular complexity index is 1190. The average Bonchev–Trinajstić information content (AvgIpc) is 3.16. The van der Waals surface area contributed by atoms with E-state index < -0.39 is 0 Å². The van der Waals surface area contributed by atoms with Crippen LogP contribution in [0, 0.1) is 5.82 Å². The first-order chi connectivity index (χ1) is 14.2.